The Hall–Kier alpha value is -0.900. The third-order valence-electron chi connectivity index (χ3n) is 4.16. The predicted molar refractivity (Wildman–Crippen MR) is 88.6 cm³/mol. The summed E-state index contributed by atoms with van der Waals surface area (Å²) in [4.78, 5) is 2.38. The van der Waals surface area contributed by atoms with Crippen molar-refractivity contribution in [3.63, 3.8) is 0 Å². The monoisotopic (exact) mass is 290 g/mol. The van der Waals surface area contributed by atoms with Crippen LogP contribution < -0.4 is 5.32 Å². The van der Waals surface area contributed by atoms with Crippen LogP contribution in [0.25, 0.3) is 0 Å². The van der Waals surface area contributed by atoms with Crippen molar-refractivity contribution >= 4 is 0 Å². The average Bonchev–Trinajstić information content (AvgIpc) is 3.33. The second-order valence-corrected chi connectivity index (χ2v) is 5.87. The highest BCUT2D eigenvalue weighted by molar-refractivity contribution is 5.22. The van der Waals surface area contributed by atoms with Crippen LogP contribution in [-0.4, -0.2) is 43.7 Å². The van der Waals surface area contributed by atoms with E-state index in [2.05, 4.69) is 48.3 Å². The van der Waals surface area contributed by atoms with E-state index in [0.29, 0.717) is 0 Å². The molecule has 0 bridgehead atoms. The third kappa shape index (κ3) is 6.60. The summed E-state index contributed by atoms with van der Waals surface area (Å²) in [5.74, 6) is 0. The number of hydrogen-bond donors (Lipinski definition) is 1. The van der Waals surface area contributed by atoms with Gasteiger partial charge in [0.1, 0.15) is 0 Å². The van der Waals surface area contributed by atoms with E-state index in [-0.39, 0.29) is 0 Å². The van der Waals surface area contributed by atoms with E-state index in [0.717, 1.165) is 51.9 Å². The number of rotatable bonds is 11. The summed E-state index contributed by atoms with van der Waals surface area (Å²) >= 11 is 0. The maximum Gasteiger partial charge on any atom is 0.0717 e. The van der Waals surface area contributed by atoms with Crippen molar-refractivity contribution in [1.82, 2.24) is 10.2 Å². The molecule has 21 heavy (non-hydrogen) atoms. The van der Waals surface area contributed by atoms with E-state index in [4.69, 9.17) is 4.74 Å². The summed E-state index contributed by atoms with van der Waals surface area (Å²) in [6.07, 6.45) is 3.85. The minimum atomic E-state index is 0.724. The van der Waals surface area contributed by atoms with Gasteiger partial charge in [0.05, 0.1) is 13.2 Å². The molecule has 0 atom stereocenters. The molecule has 0 heterocycles. The molecule has 0 aliphatic heterocycles. The topological polar surface area (TPSA) is 24.5 Å². The Morgan fingerprint density at radius 1 is 1.10 bits per heavy atom. The molecule has 0 saturated heterocycles. The van der Waals surface area contributed by atoms with E-state index in [1.165, 1.54) is 24.0 Å². The van der Waals surface area contributed by atoms with Gasteiger partial charge in [0, 0.05) is 12.6 Å². The van der Waals surface area contributed by atoms with Crippen LogP contribution in [0.5, 0.6) is 0 Å². The molecule has 0 amide bonds. The van der Waals surface area contributed by atoms with Gasteiger partial charge in [-0.25, -0.2) is 0 Å². The van der Waals surface area contributed by atoms with Gasteiger partial charge in [-0.15, -0.1) is 0 Å². The van der Waals surface area contributed by atoms with Crippen LogP contribution >= 0.6 is 0 Å². The lowest BCUT2D eigenvalue weighted by Crippen LogP contribution is -2.26. The molecule has 1 aliphatic carbocycles. The number of hydrogen-bond acceptors (Lipinski definition) is 3. The molecule has 0 spiro atoms. The largest absolute Gasteiger partial charge is 0.375 e. The lowest BCUT2D eigenvalue weighted by atomic mass is 10.1. The molecular weight excluding hydrogens is 260 g/mol. The van der Waals surface area contributed by atoms with Crippen LogP contribution in [0.3, 0.4) is 0 Å². The lowest BCUT2D eigenvalue weighted by Gasteiger charge is -2.17. The highest BCUT2D eigenvalue weighted by atomic mass is 16.5. The molecule has 1 saturated carbocycles. The molecule has 1 N–H and O–H groups in total. The Bertz CT molecular complexity index is 383. The van der Waals surface area contributed by atoms with Gasteiger partial charge in [-0.3, -0.25) is 0 Å². The molecule has 0 radical (unpaired) electrons. The van der Waals surface area contributed by atoms with Crippen LogP contribution in [0, 0.1) is 0 Å². The van der Waals surface area contributed by atoms with Gasteiger partial charge in [-0.1, -0.05) is 38.1 Å². The zero-order chi connectivity index (χ0) is 14.9. The highest BCUT2D eigenvalue weighted by Crippen LogP contribution is 2.18. The van der Waals surface area contributed by atoms with Crippen LogP contribution in [0.1, 0.15) is 37.8 Å². The Kier molecular flexibility index (Phi) is 7.20. The number of nitrogens with zero attached hydrogens (tertiary/aromatic N) is 1. The molecule has 3 heteroatoms. The van der Waals surface area contributed by atoms with Gasteiger partial charge in [0.25, 0.3) is 0 Å². The van der Waals surface area contributed by atoms with Crippen LogP contribution in [0.15, 0.2) is 24.3 Å². The van der Waals surface area contributed by atoms with Crippen molar-refractivity contribution in [2.75, 3.05) is 32.8 Å². The first-order chi connectivity index (χ1) is 10.3. The maximum atomic E-state index is 5.76. The zero-order valence-corrected chi connectivity index (χ0v) is 13.6. The molecule has 1 aromatic carbocycles. The number of nitrogens with one attached hydrogen (secondary N) is 1. The highest BCUT2D eigenvalue weighted by Gasteiger charge is 2.19. The summed E-state index contributed by atoms with van der Waals surface area (Å²) in [6.45, 7) is 10.3. The van der Waals surface area contributed by atoms with E-state index >= 15 is 0 Å². The van der Waals surface area contributed by atoms with Crippen molar-refractivity contribution in [3.8, 4) is 0 Å². The fourth-order valence-corrected chi connectivity index (χ4v) is 2.43. The van der Waals surface area contributed by atoms with Crippen molar-refractivity contribution in [1.29, 1.82) is 0 Å². The fourth-order valence-electron chi connectivity index (χ4n) is 2.43. The van der Waals surface area contributed by atoms with E-state index in [1.54, 1.807) is 0 Å². The molecule has 2 rings (SSSR count). The smallest absolute Gasteiger partial charge is 0.0717 e. The third-order valence-corrected chi connectivity index (χ3v) is 4.16. The molecule has 1 fully saturated rings. The fraction of sp³-hybridized carbons (Fsp3) is 0.667. The second-order valence-electron chi connectivity index (χ2n) is 5.87. The van der Waals surface area contributed by atoms with Crippen molar-refractivity contribution in [3.05, 3.63) is 35.4 Å². The molecule has 3 nitrogen and oxygen atoms in total. The molecule has 118 valence electrons. The van der Waals surface area contributed by atoms with Gasteiger partial charge in [-0.05, 0) is 50.0 Å². The number of likely N-dealkylation sites (N-methyl/N-ethyl adjacent to an activating group) is 1. The minimum Gasteiger partial charge on any atom is -0.375 e. The normalized spacial score (nSPS) is 14.8. The Labute approximate surface area is 129 Å². The van der Waals surface area contributed by atoms with Crippen LogP contribution in [-0.2, 0) is 17.8 Å². The zero-order valence-electron chi connectivity index (χ0n) is 13.6. The van der Waals surface area contributed by atoms with Gasteiger partial charge in [0.2, 0.25) is 0 Å². The summed E-state index contributed by atoms with van der Waals surface area (Å²) < 4.78 is 5.76. The summed E-state index contributed by atoms with van der Waals surface area (Å²) in [5.41, 5.74) is 2.68. The maximum absolute atomic E-state index is 5.76. The second kappa shape index (κ2) is 9.19. The molecule has 1 aromatic rings. The molecule has 0 unspecified atom stereocenters. The van der Waals surface area contributed by atoms with Crippen molar-refractivity contribution in [2.24, 2.45) is 0 Å². The Morgan fingerprint density at radius 3 is 2.38 bits per heavy atom. The predicted octanol–water partition coefficient (Wildman–Crippen LogP) is 2.84. The standard InChI is InChI=1S/C18H30N2O/c1-3-20(4-2)13-14-21-15-17-7-5-16(6-8-17)11-12-19-18-9-10-18/h5-8,18-19H,3-4,9-15H2,1-2H3. The average molecular weight is 290 g/mol. The first-order valence-electron chi connectivity index (χ1n) is 8.43. The molecule has 0 aromatic heterocycles. The summed E-state index contributed by atoms with van der Waals surface area (Å²) in [7, 11) is 0. The number of ether oxygens (including phenoxy) is 1. The van der Waals surface area contributed by atoms with E-state index in [1.807, 2.05) is 0 Å². The van der Waals surface area contributed by atoms with Gasteiger partial charge < -0.3 is 15.0 Å². The SMILES string of the molecule is CCN(CC)CCOCc1ccc(CCNC2CC2)cc1. The van der Waals surface area contributed by atoms with E-state index < -0.39 is 0 Å². The van der Waals surface area contributed by atoms with Crippen molar-refractivity contribution < 1.29 is 4.74 Å². The van der Waals surface area contributed by atoms with E-state index in [9.17, 15) is 0 Å². The van der Waals surface area contributed by atoms with Crippen LogP contribution in [0.2, 0.25) is 0 Å². The lowest BCUT2D eigenvalue weighted by molar-refractivity contribution is 0.0956. The first kappa shape index (κ1) is 16.5. The Balaban J connectivity index is 1.60. The Morgan fingerprint density at radius 2 is 1.76 bits per heavy atom. The summed E-state index contributed by atoms with van der Waals surface area (Å²) in [6, 6.07) is 9.67. The van der Waals surface area contributed by atoms with Gasteiger partial charge >= 0.3 is 0 Å². The first-order valence-corrected chi connectivity index (χ1v) is 8.43. The van der Waals surface area contributed by atoms with Gasteiger partial charge in [-0.2, -0.15) is 0 Å². The molecule has 1 aliphatic rings. The van der Waals surface area contributed by atoms with Crippen molar-refractivity contribution in [2.45, 2.75) is 45.8 Å². The summed E-state index contributed by atoms with van der Waals surface area (Å²) in [5, 5.41) is 3.55. The minimum absolute atomic E-state index is 0.724. The number of benzene rings is 1. The van der Waals surface area contributed by atoms with Gasteiger partial charge in [0.15, 0.2) is 0 Å². The quantitative estimate of drug-likeness (QED) is 0.634. The van der Waals surface area contributed by atoms with Crippen LogP contribution in [0.4, 0.5) is 0 Å². The molecular formula is C18H30N2O.